The van der Waals surface area contributed by atoms with Gasteiger partial charge in [0, 0.05) is 25.2 Å². The highest BCUT2D eigenvalue weighted by molar-refractivity contribution is 6.00. The molecule has 0 aliphatic rings. The average molecular weight is 387 g/mol. The Kier molecular flexibility index (Phi) is 7.00. The number of nitrogens with zero attached hydrogens (tertiary/aromatic N) is 1. The largest absolute Gasteiger partial charge is 0.370 e. The second kappa shape index (κ2) is 10.1. The third-order valence-corrected chi connectivity index (χ3v) is 4.64. The van der Waals surface area contributed by atoms with Crippen molar-refractivity contribution in [3.05, 3.63) is 96.1 Å². The summed E-state index contributed by atoms with van der Waals surface area (Å²) >= 11 is 0. The smallest absolute Gasteiger partial charge is 0.255 e. The highest BCUT2D eigenvalue weighted by atomic mass is 16.2. The summed E-state index contributed by atoms with van der Waals surface area (Å²) in [5.74, 6) is -0.542. The molecule has 0 saturated heterocycles. The van der Waals surface area contributed by atoms with Crippen LogP contribution in [0, 0.1) is 0 Å². The van der Waals surface area contributed by atoms with E-state index in [0.29, 0.717) is 25.1 Å². The third-order valence-electron chi connectivity index (χ3n) is 4.64. The molecule has 0 radical (unpaired) electrons. The molecular formula is C24H25N3O2. The standard InChI is InChI=1S/C24H25N3O2/c25-23(28)16-18-27(17-15-19-9-3-1-4-10-19)24(29)21-13-7-8-14-22(21)26-20-11-5-2-6-12-20/h1-14,26H,15-18H2,(H2,25,28). The van der Waals surface area contributed by atoms with Gasteiger partial charge < -0.3 is 16.0 Å². The Morgan fingerprint density at radius 3 is 2.10 bits per heavy atom. The first-order valence-electron chi connectivity index (χ1n) is 9.66. The summed E-state index contributed by atoms with van der Waals surface area (Å²) < 4.78 is 0. The summed E-state index contributed by atoms with van der Waals surface area (Å²) in [7, 11) is 0. The van der Waals surface area contributed by atoms with Crippen LogP contribution in [0.4, 0.5) is 11.4 Å². The van der Waals surface area contributed by atoms with E-state index in [1.54, 1.807) is 11.0 Å². The second-order valence-electron chi connectivity index (χ2n) is 6.78. The molecule has 3 aromatic rings. The Morgan fingerprint density at radius 1 is 0.793 bits per heavy atom. The van der Waals surface area contributed by atoms with E-state index in [-0.39, 0.29) is 12.3 Å². The van der Waals surface area contributed by atoms with Gasteiger partial charge in [-0.1, -0.05) is 60.7 Å². The van der Waals surface area contributed by atoms with E-state index >= 15 is 0 Å². The number of anilines is 2. The molecule has 0 saturated carbocycles. The van der Waals surface area contributed by atoms with Crippen molar-refractivity contribution >= 4 is 23.2 Å². The van der Waals surface area contributed by atoms with Gasteiger partial charge in [-0.3, -0.25) is 9.59 Å². The number of primary amides is 1. The lowest BCUT2D eigenvalue weighted by Crippen LogP contribution is -2.36. The first-order chi connectivity index (χ1) is 14.1. The van der Waals surface area contributed by atoms with Crippen molar-refractivity contribution in [2.24, 2.45) is 5.73 Å². The molecule has 0 aliphatic carbocycles. The van der Waals surface area contributed by atoms with E-state index < -0.39 is 5.91 Å². The molecule has 3 aromatic carbocycles. The van der Waals surface area contributed by atoms with Gasteiger partial charge in [-0.2, -0.15) is 0 Å². The highest BCUT2D eigenvalue weighted by Crippen LogP contribution is 2.22. The summed E-state index contributed by atoms with van der Waals surface area (Å²) in [5.41, 5.74) is 8.67. The van der Waals surface area contributed by atoms with E-state index in [1.165, 1.54) is 0 Å². The summed E-state index contributed by atoms with van der Waals surface area (Å²) in [4.78, 5) is 26.3. The van der Waals surface area contributed by atoms with Crippen molar-refractivity contribution in [2.45, 2.75) is 12.8 Å². The van der Waals surface area contributed by atoms with E-state index in [0.717, 1.165) is 16.9 Å². The van der Waals surface area contributed by atoms with Crippen LogP contribution in [-0.4, -0.2) is 29.8 Å². The van der Waals surface area contributed by atoms with Gasteiger partial charge in [0.1, 0.15) is 0 Å². The fourth-order valence-corrected chi connectivity index (χ4v) is 3.09. The van der Waals surface area contributed by atoms with Crippen molar-refractivity contribution in [3.63, 3.8) is 0 Å². The fraction of sp³-hybridized carbons (Fsp3) is 0.167. The van der Waals surface area contributed by atoms with Crippen molar-refractivity contribution in [3.8, 4) is 0 Å². The molecule has 5 heteroatoms. The number of carbonyl (C=O) groups is 2. The van der Waals surface area contributed by atoms with E-state index in [1.807, 2.05) is 78.9 Å². The minimum absolute atomic E-state index is 0.124. The molecule has 148 valence electrons. The summed E-state index contributed by atoms with van der Waals surface area (Å²) in [6.45, 7) is 0.802. The SMILES string of the molecule is NC(=O)CCN(CCc1ccccc1)C(=O)c1ccccc1Nc1ccccc1. The predicted octanol–water partition coefficient (Wildman–Crippen LogP) is 3.99. The molecule has 29 heavy (non-hydrogen) atoms. The molecule has 0 aromatic heterocycles. The van der Waals surface area contributed by atoms with Gasteiger partial charge in [0.05, 0.1) is 11.3 Å². The number of carbonyl (C=O) groups excluding carboxylic acids is 2. The number of rotatable bonds is 9. The van der Waals surface area contributed by atoms with Crippen LogP contribution in [0.2, 0.25) is 0 Å². The van der Waals surface area contributed by atoms with Crippen LogP contribution in [0.3, 0.4) is 0 Å². The van der Waals surface area contributed by atoms with Crippen molar-refractivity contribution < 1.29 is 9.59 Å². The number of amides is 2. The number of benzene rings is 3. The average Bonchev–Trinajstić information content (AvgIpc) is 2.75. The molecule has 0 spiro atoms. The molecular weight excluding hydrogens is 362 g/mol. The number of hydrogen-bond acceptors (Lipinski definition) is 3. The van der Waals surface area contributed by atoms with Crippen LogP contribution in [0.15, 0.2) is 84.9 Å². The Morgan fingerprint density at radius 2 is 1.41 bits per heavy atom. The Bertz CT molecular complexity index is 943. The fourth-order valence-electron chi connectivity index (χ4n) is 3.09. The van der Waals surface area contributed by atoms with Crippen LogP contribution in [-0.2, 0) is 11.2 Å². The summed E-state index contributed by atoms with van der Waals surface area (Å²) in [5, 5.41) is 3.31. The summed E-state index contributed by atoms with van der Waals surface area (Å²) in [6, 6.07) is 27.1. The zero-order valence-corrected chi connectivity index (χ0v) is 16.3. The molecule has 2 amide bonds. The second-order valence-corrected chi connectivity index (χ2v) is 6.78. The van der Waals surface area contributed by atoms with Crippen molar-refractivity contribution in [1.29, 1.82) is 0 Å². The number of nitrogens with one attached hydrogen (secondary N) is 1. The van der Waals surface area contributed by atoms with Gasteiger partial charge in [0.15, 0.2) is 0 Å². The predicted molar refractivity (Wildman–Crippen MR) is 116 cm³/mol. The zero-order chi connectivity index (χ0) is 20.5. The summed E-state index contributed by atoms with van der Waals surface area (Å²) in [6.07, 6.45) is 0.842. The molecule has 0 unspecified atom stereocenters. The highest BCUT2D eigenvalue weighted by Gasteiger charge is 2.19. The molecule has 3 N–H and O–H groups in total. The monoisotopic (exact) mass is 387 g/mol. The lowest BCUT2D eigenvalue weighted by molar-refractivity contribution is -0.118. The molecule has 5 nitrogen and oxygen atoms in total. The van der Waals surface area contributed by atoms with Gasteiger partial charge in [-0.25, -0.2) is 0 Å². The van der Waals surface area contributed by atoms with E-state index in [2.05, 4.69) is 5.32 Å². The van der Waals surface area contributed by atoms with Crippen LogP contribution < -0.4 is 11.1 Å². The molecule has 3 rings (SSSR count). The Labute approximate surface area is 171 Å². The van der Waals surface area contributed by atoms with Gasteiger partial charge in [0.2, 0.25) is 5.91 Å². The van der Waals surface area contributed by atoms with Crippen LogP contribution in [0.5, 0.6) is 0 Å². The number of para-hydroxylation sites is 2. The lowest BCUT2D eigenvalue weighted by atomic mass is 10.1. The van der Waals surface area contributed by atoms with Crippen LogP contribution in [0.1, 0.15) is 22.3 Å². The van der Waals surface area contributed by atoms with Crippen molar-refractivity contribution in [2.75, 3.05) is 18.4 Å². The zero-order valence-electron chi connectivity index (χ0n) is 16.3. The van der Waals surface area contributed by atoms with Crippen LogP contribution in [0.25, 0.3) is 0 Å². The molecule has 0 fully saturated rings. The maximum atomic E-state index is 13.3. The molecule has 0 bridgehead atoms. The third kappa shape index (κ3) is 5.94. The van der Waals surface area contributed by atoms with Gasteiger partial charge in [-0.05, 0) is 36.2 Å². The minimum atomic E-state index is -0.418. The van der Waals surface area contributed by atoms with E-state index in [9.17, 15) is 9.59 Å². The van der Waals surface area contributed by atoms with Crippen molar-refractivity contribution in [1.82, 2.24) is 4.90 Å². The molecule has 0 atom stereocenters. The topological polar surface area (TPSA) is 75.4 Å². The maximum Gasteiger partial charge on any atom is 0.255 e. The minimum Gasteiger partial charge on any atom is -0.370 e. The number of nitrogens with two attached hydrogens (primary N) is 1. The van der Waals surface area contributed by atoms with E-state index in [4.69, 9.17) is 5.73 Å². The molecule has 0 aliphatic heterocycles. The van der Waals surface area contributed by atoms with Gasteiger partial charge in [-0.15, -0.1) is 0 Å². The Hall–Kier alpha value is -3.60. The maximum absolute atomic E-state index is 13.3. The first-order valence-corrected chi connectivity index (χ1v) is 9.66. The molecule has 0 heterocycles. The lowest BCUT2D eigenvalue weighted by Gasteiger charge is -2.24. The quantitative estimate of drug-likeness (QED) is 0.583. The van der Waals surface area contributed by atoms with Gasteiger partial charge >= 0.3 is 0 Å². The number of hydrogen-bond donors (Lipinski definition) is 2. The Balaban J connectivity index is 1.80. The first kappa shape index (κ1) is 20.1. The van der Waals surface area contributed by atoms with Crippen LogP contribution >= 0.6 is 0 Å². The van der Waals surface area contributed by atoms with Gasteiger partial charge in [0.25, 0.3) is 5.91 Å². The normalized spacial score (nSPS) is 10.3.